The van der Waals surface area contributed by atoms with Gasteiger partial charge in [-0.1, -0.05) is 41.4 Å². The van der Waals surface area contributed by atoms with Gasteiger partial charge in [-0.25, -0.2) is 8.42 Å². The standard InChI is InChI=1S/C25H31ClF3N3O4S/c1-16-8-7-9-18(12-16)14-31(17(2)23(34)30-24(3,4)5)22(33)15-32(37(6,35)36)21-13-19(25(27,28)29)10-11-20(21)26/h7-13,17H,14-15H2,1-6H3,(H,30,34)/t17-/m0/s1. The Morgan fingerprint density at radius 3 is 2.22 bits per heavy atom. The molecule has 0 spiro atoms. The normalized spacial score (nSPS) is 13.1. The third-order valence-corrected chi connectivity index (χ3v) is 6.77. The number of carbonyl (C=O) groups excluding carboxylic acids is 2. The van der Waals surface area contributed by atoms with E-state index < -0.39 is 57.4 Å². The van der Waals surface area contributed by atoms with Crippen LogP contribution in [0.3, 0.4) is 0 Å². The van der Waals surface area contributed by atoms with Gasteiger partial charge in [0.25, 0.3) is 0 Å². The lowest BCUT2D eigenvalue weighted by molar-refractivity contribution is -0.140. The topological polar surface area (TPSA) is 86.8 Å². The molecule has 0 heterocycles. The summed E-state index contributed by atoms with van der Waals surface area (Å²) in [4.78, 5) is 27.7. The van der Waals surface area contributed by atoms with Crippen LogP contribution in [0.5, 0.6) is 0 Å². The number of benzene rings is 2. The number of amides is 2. The summed E-state index contributed by atoms with van der Waals surface area (Å²) < 4.78 is 65.8. The Morgan fingerprint density at radius 2 is 1.70 bits per heavy atom. The highest BCUT2D eigenvalue weighted by atomic mass is 35.5. The first-order chi connectivity index (χ1) is 16.8. The van der Waals surface area contributed by atoms with Crippen molar-refractivity contribution in [3.05, 3.63) is 64.2 Å². The van der Waals surface area contributed by atoms with Crippen LogP contribution in [0.25, 0.3) is 0 Å². The zero-order valence-electron chi connectivity index (χ0n) is 21.5. The molecule has 1 N–H and O–H groups in total. The third-order valence-electron chi connectivity index (χ3n) is 5.32. The van der Waals surface area contributed by atoms with Gasteiger partial charge in [0.15, 0.2) is 0 Å². The molecule has 2 rings (SSSR count). The molecule has 0 aliphatic rings. The van der Waals surface area contributed by atoms with Crippen LogP contribution in [0.2, 0.25) is 5.02 Å². The monoisotopic (exact) mass is 561 g/mol. The molecule has 1 atom stereocenters. The van der Waals surface area contributed by atoms with Gasteiger partial charge in [0.05, 0.1) is 22.5 Å². The maximum Gasteiger partial charge on any atom is 0.416 e. The number of carbonyl (C=O) groups is 2. The van der Waals surface area contributed by atoms with E-state index in [1.807, 2.05) is 19.1 Å². The molecule has 0 aromatic heterocycles. The van der Waals surface area contributed by atoms with Crippen molar-refractivity contribution >= 4 is 39.1 Å². The van der Waals surface area contributed by atoms with Crippen molar-refractivity contribution in [3.8, 4) is 0 Å². The molecule has 0 aliphatic heterocycles. The molecule has 0 unspecified atom stereocenters. The van der Waals surface area contributed by atoms with Gasteiger partial charge < -0.3 is 10.2 Å². The van der Waals surface area contributed by atoms with Crippen LogP contribution in [-0.4, -0.2) is 49.5 Å². The van der Waals surface area contributed by atoms with Crippen LogP contribution in [0, 0.1) is 6.92 Å². The third kappa shape index (κ3) is 8.63. The molecule has 204 valence electrons. The maximum atomic E-state index is 13.5. The number of anilines is 1. The van der Waals surface area contributed by atoms with E-state index >= 15 is 0 Å². The number of aryl methyl sites for hydroxylation is 1. The zero-order valence-corrected chi connectivity index (χ0v) is 23.1. The number of halogens is 4. The Hall–Kier alpha value is -2.79. The summed E-state index contributed by atoms with van der Waals surface area (Å²) in [5.74, 6) is -1.27. The number of hydrogen-bond acceptors (Lipinski definition) is 4. The lowest BCUT2D eigenvalue weighted by atomic mass is 10.1. The average molecular weight is 562 g/mol. The number of sulfonamides is 1. The highest BCUT2D eigenvalue weighted by molar-refractivity contribution is 7.92. The quantitative estimate of drug-likeness (QED) is 0.503. The van der Waals surface area contributed by atoms with E-state index in [9.17, 15) is 31.2 Å². The molecule has 0 aliphatic carbocycles. The van der Waals surface area contributed by atoms with Gasteiger partial charge in [0.2, 0.25) is 21.8 Å². The molecule has 37 heavy (non-hydrogen) atoms. The van der Waals surface area contributed by atoms with E-state index in [1.165, 1.54) is 11.8 Å². The Balaban J connectivity index is 2.52. The Labute approximate surface area is 220 Å². The first-order valence-corrected chi connectivity index (χ1v) is 13.5. The predicted octanol–water partition coefficient (Wildman–Crippen LogP) is 4.77. The Bertz CT molecular complexity index is 1260. The van der Waals surface area contributed by atoms with Gasteiger partial charge >= 0.3 is 6.18 Å². The van der Waals surface area contributed by atoms with Crippen molar-refractivity contribution in [1.29, 1.82) is 0 Å². The van der Waals surface area contributed by atoms with Crippen molar-refractivity contribution in [2.24, 2.45) is 0 Å². The molecule has 0 fully saturated rings. The molecule has 0 radical (unpaired) electrons. The number of rotatable bonds is 8. The summed E-state index contributed by atoms with van der Waals surface area (Å²) in [6.07, 6.45) is -4.00. The lowest BCUT2D eigenvalue weighted by Crippen LogP contribution is -2.54. The second-order valence-corrected chi connectivity index (χ2v) is 12.2. The molecule has 0 saturated heterocycles. The molecule has 2 aromatic rings. The number of nitrogens with one attached hydrogen (secondary N) is 1. The van der Waals surface area contributed by atoms with Gasteiger partial charge in [-0.05, 0) is 58.4 Å². The summed E-state index contributed by atoms with van der Waals surface area (Å²) in [6.45, 7) is 7.76. The van der Waals surface area contributed by atoms with E-state index in [0.29, 0.717) is 15.9 Å². The first-order valence-electron chi connectivity index (χ1n) is 11.3. The van der Waals surface area contributed by atoms with Gasteiger partial charge in [-0.3, -0.25) is 13.9 Å². The number of nitrogens with zero attached hydrogens (tertiary/aromatic N) is 2. The number of alkyl halides is 3. The summed E-state index contributed by atoms with van der Waals surface area (Å²) in [5.41, 5.74) is -0.623. The van der Waals surface area contributed by atoms with Gasteiger partial charge in [-0.2, -0.15) is 13.2 Å². The van der Waals surface area contributed by atoms with Crippen LogP contribution in [0.1, 0.15) is 44.4 Å². The molecule has 12 heteroatoms. The largest absolute Gasteiger partial charge is 0.416 e. The maximum absolute atomic E-state index is 13.5. The first kappa shape index (κ1) is 30.4. The molecule has 7 nitrogen and oxygen atoms in total. The zero-order chi connectivity index (χ0) is 28.3. The highest BCUT2D eigenvalue weighted by Crippen LogP contribution is 2.36. The van der Waals surface area contributed by atoms with E-state index in [-0.39, 0.29) is 11.6 Å². The molecule has 0 bridgehead atoms. The smallest absolute Gasteiger partial charge is 0.350 e. The van der Waals surface area contributed by atoms with E-state index in [1.54, 1.807) is 32.9 Å². The fourth-order valence-corrected chi connectivity index (χ4v) is 4.66. The van der Waals surface area contributed by atoms with Crippen LogP contribution in [-0.2, 0) is 32.3 Å². The summed E-state index contributed by atoms with van der Waals surface area (Å²) in [7, 11) is -4.25. The van der Waals surface area contributed by atoms with Crippen LogP contribution in [0.15, 0.2) is 42.5 Å². The van der Waals surface area contributed by atoms with Gasteiger partial charge in [-0.15, -0.1) is 0 Å². The Kier molecular flexibility index (Phi) is 9.30. The second kappa shape index (κ2) is 11.3. The summed E-state index contributed by atoms with van der Waals surface area (Å²) >= 11 is 6.08. The molecular formula is C25H31ClF3N3O4S. The van der Waals surface area contributed by atoms with E-state index in [4.69, 9.17) is 11.6 Å². The minimum atomic E-state index is -4.76. The van der Waals surface area contributed by atoms with Crippen molar-refractivity contribution in [1.82, 2.24) is 10.2 Å². The van der Waals surface area contributed by atoms with Crippen molar-refractivity contribution in [2.75, 3.05) is 17.1 Å². The second-order valence-electron chi connectivity index (χ2n) is 9.86. The summed E-state index contributed by atoms with van der Waals surface area (Å²) in [6, 6.07) is 8.39. The predicted molar refractivity (Wildman–Crippen MR) is 138 cm³/mol. The van der Waals surface area contributed by atoms with E-state index in [2.05, 4.69) is 5.32 Å². The molecule has 0 saturated carbocycles. The van der Waals surface area contributed by atoms with Gasteiger partial charge in [0, 0.05) is 12.1 Å². The van der Waals surface area contributed by atoms with Crippen LogP contribution in [0.4, 0.5) is 18.9 Å². The van der Waals surface area contributed by atoms with Crippen LogP contribution >= 0.6 is 11.6 Å². The molecule has 2 amide bonds. The van der Waals surface area contributed by atoms with Gasteiger partial charge in [0.1, 0.15) is 12.6 Å². The average Bonchev–Trinajstić information content (AvgIpc) is 2.73. The minimum absolute atomic E-state index is 0.0346. The fraction of sp³-hybridized carbons (Fsp3) is 0.440. The Morgan fingerprint density at radius 1 is 1.08 bits per heavy atom. The van der Waals surface area contributed by atoms with Crippen molar-refractivity contribution in [3.63, 3.8) is 0 Å². The molecular weight excluding hydrogens is 531 g/mol. The van der Waals surface area contributed by atoms with Crippen molar-refractivity contribution in [2.45, 2.75) is 58.9 Å². The highest BCUT2D eigenvalue weighted by Gasteiger charge is 2.35. The van der Waals surface area contributed by atoms with Crippen molar-refractivity contribution < 1.29 is 31.2 Å². The van der Waals surface area contributed by atoms with E-state index in [0.717, 1.165) is 24.0 Å². The SMILES string of the molecule is Cc1cccc(CN(C(=O)CN(c2cc(C(F)(F)F)ccc2Cl)S(C)(=O)=O)[C@@H](C)C(=O)NC(C)(C)C)c1. The summed E-state index contributed by atoms with van der Waals surface area (Å²) in [5, 5.41) is 2.51. The van der Waals surface area contributed by atoms with Crippen LogP contribution < -0.4 is 9.62 Å². The minimum Gasteiger partial charge on any atom is -0.350 e. The lowest BCUT2D eigenvalue weighted by Gasteiger charge is -2.33. The number of hydrogen-bond donors (Lipinski definition) is 1. The fourth-order valence-electron chi connectivity index (χ4n) is 3.54. The molecule has 2 aromatic carbocycles.